The lowest BCUT2D eigenvalue weighted by atomic mass is 9.91. The molecule has 208 valence electrons. The molecule has 2 atom stereocenters. The van der Waals surface area contributed by atoms with E-state index in [-0.39, 0.29) is 24.9 Å². The van der Waals surface area contributed by atoms with Crippen LogP contribution in [-0.4, -0.2) is 47.3 Å². The second kappa shape index (κ2) is 12.2. The molecular formula is C32H29ClN4O4. The second-order valence-electron chi connectivity index (χ2n) is 9.78. The minimum absolute atomic E-state index is 0.262. The number of halogens is 1. The molecule has 41 heavy (non-hydrogen) atoms. The van der Waals surface area contributed by atoms with Crippen LogP contribution in [0.15, 0.2) is 97.3 Å². The summed E-state index contributed by atoms with van der Waals surface area (Å²) < 4.78 is 5.31. The zero-order valence-corrected chi connectivity index (χ0v) is 23.4. The van der Waals surface area contributed by atoms with Gasteiger partial charge in [0.2, 0.25) is 11.8 Å². The Kier molecular flexibility index (Phi) is 8.31. The third-order valence-corrected chi connectivity index (χ3v) is 7.31. The van der Waals surface area contributed by atoms with E-state index in [2.05, 4.69) is 10.3 Å². The Labute approximate surface area is 243 Å². The van der Waals surface area contributed by atoms with Crippen molar-refractivity contribution in [2.75, 3.05) is 18.6 Å². The second-order valence-corrected chi connectivity index (χ2v) is 10.2. The summed E-state index contributed by atoms with van der Waals surface area (Å²) in [5, 5.41) is 3.53. The maximum absolute atomic E-state index is 14.1. The minimum atomic E-state index is -1.05. The Morgan fingerprint density at radius 3 is 2.37 bits per heavy atom. The summed E-state index contributed by atoms with van der Waals surface area (Å²) in [6, 6.07) is 23.1. The van der Waals surface area contributed by atoms with E-state index < -0.39 is 18.0 Å². The Morgan fingerprint density at radius 2 is 1.71 bits per heavy atom. The van der Waals surface area contributed by atoms with E-state index in [0.29, 0.717) is 27.6 Å². The number of nitrogens with zero attached hydrogens (tertiary/aromatic N) is 3. The van der Waals surface area contributed by atoms with Crippen molar-refractivity contribution >= 4 is 35.0 Å². The highest BCUT2D eigenvalue weighted by Crippen LogP contribution is 2.38. The summed E-state index contributed by atoms with van der Waals surface area (Å²) in [7, 11) is 1.56. The Morgan fingerprint density at radius 1 is 1.00 bits per heavy atom. The van der Waals surface area contributed by atoms with Gasteiger partial charge in [-0.3, -0.25) is 19.4 Å². The van der Waals surface area contributed by atoms with Crippen molar-refractivity contribution in [3.05, 3.63) is 125 Å². The number of carbonyl (C=O) groups excluding carboxylic acids is 3. The lowest BCUT2D eigenvalue weighted by Gasteiger charge is -2.46. The summed E-state index contributed by atoms with van der Waals surface area (Å²) in [4.78, 5) is 48.8. The SMILES string of the molecule is COc1ccc(N2C(=O)CN(C(=O)c3ccncc3)[C@H](C(=O)NCc3cccc(C)c3)[C@H]2c2ccc(Cl)cc2)cc1. The van der Waals surface area contributed by atoms with Crippen LogP contribution in [0.5, 0.6) is 5.75 Å². The van der Waals surface area contributed by atoms with E-state index in [9.17, 15) is 14.4 Å². The number of amides is 3. The van der Waals surface area contributed by atoms with Crippen LogP contribution < -0.4 is 15.0 Å². The molecule has 1 aliphatic rings. The summed E-state index contributed by atoms with van der Waals surface area (Å²) in [6.07, 6.45) is 3.01. The van der Waals surface area contributed by atoms with Crippen molar-refractivity contribution in [1.29, 1.82) is 0 Å². The molecule has 0 bridgehead atoms. The molecule has 3 amide bonds. The van der Waals surface area contributed by atoms with Gasteiger partial charge in [-0.15, -0.1) is 0 Å². The van der Waals surface area contributed by atoms with Gasteiger partial charge in [0, 0.05) is 35.2 Å². The van der Waals surface area contributed by atoms with E-state index in [1.807, 2.05) is 31.2 Å². The van der Waals surface area contributed by atoms with Gasteiger partial charge in [-0.05, 0) is 66.6 Å². The third-order valence-electron chi connectivity index (χ3n) is 7.06. The number of methoxy groups -OCH3 is 1. The summed E-state index contributed by atoms with van der Waals surface area (Å²) >= 11 is 6.21. The molecule has 8 nitrogen and oxygen atoms in total. The van der Waals surface area contributed by atoms with E-state index in [1.54, 1.807) is 72.7 Å². The predicted octanol–water partition coefficient (Wildman–Crippen LogP) is 4.97. The van der Waals surface area contributed by atoms with E-state index >= 15 is 0 Å². The predicted molar refractivity (Wildman–Crippen MR) is 157 cm³/mol. The fraction of sp³-hybridized carbons (Fsp3) is 0.188. The van der Waals surface area contributed by atoms with E-state index in [0.717, 1.165) is 11.1 Å². The normalized spacial score (nSPS) is 16.8. The van der Waals surface area contributed by atoms with Gasteiger partial charge in [-0.25, -0.2) is 0 Å². The van der Waals surface area contributed by atoms with E-state index in [1.165, 1.54) is 17.3 Å². The van der Waals surface area contributed by atoms with Crippen molar-refractivity contribution < 1.29 is 19.1 Å². The monoisotopic (exact) mass is 568 g/mol. The molecule has 1 saturated heterocycles. The molecule has 0 radical (unpaired) electrons. The molecule has 4 aromatic rings. The van der Waals surface area contributed by atoms with Crippen molar-refractivity contribution in [3.8, 4) is 5.75 Å². The first-order chi connectivity index (χ1) is 19.9. The fourth-order valence-corrected chi connectivity index (χ4v) is 5.21. The number of hydrogen-bond acceptors (Lipinski definition) is 5. The van der Waals surface area contributed by atoms with Gasteiger partial charge in [-0.2, -0.15) is 0 Å². The number of pyridine rings is 1. The molecule has 9 heteroatoms. The smallest absolute Gasteiger partial charge is 0.255 e. The maximum atomic E-state index is 14.1. The summed E-state index contributed by atoms with van der Waals surface area (Å²) in [5.74, 6) is -0.534. The molecule has 3 aromatic carbocycles. The number of aromatic nitrogens is 1. The van der Waals surface area contributed by atoms with Gasteiger partial charge in [0.1, 0.15) is 18.3 Å². The average Bonchev–Trinajstić information content (AvgIpc) is 3.00. The summed E-state index contributed by atoms with van der Waals surface area (Å²) in [5.41, 5.74) is 3.55. The number of benzene rings is 3. The van der Waals surface area contributed by atoms with Crippen LogP contribution in [0.25, 0.3) is 0 Å². The standard InChI is InChI=1S/C32H29ClN4O4/c1-21-4-3-5-22(18-21)19-35-31(39)30-29(23-6-8-25(33)9-7-23)37(26-10-12-27(41-2)13-11-26)28(38)20-36(30)32(40)24-14-16-34-17-15-24/h3-18,29-30H,19-20H2,1-2H3,(H,35,39)/t29-,30+/m1/s1. The molecule has 1 aliphatic heterocycles. The van der Waals surface area contributed by atoms with Crippen LogP contribution in [0, 0.1) is 6.92 Å². The van der Waals surface area contributed by atoms with Gasteiger partial charge in [-0.1, -0.05) is 53.6 Å². The fourth-order valence-electron chi connectivity index (χ4n) is 5.08. The quantitative estimate of drug-likeness (QED) is 0.340. The molecule has 0 aliphatic carbocycles. The highest BCUT2D eigenvalue weighted by molar-refractivity contribution is 6.30. The van der Waals surface area contributed by atoms with Crippen LogP contribution in [0.1, 0.15) is 33.1 Å². The Balaban J connectivity index is 1.61. The van der Waals surface area contributed by atoms with Gasteiger partial charge in [0.15, 0.2) is 0 Å². The topological polar surface area (TPSA) is 91.8 Å². The van der Waals surface area contributed by atoms with Gasteiger partial charge in [0.25, 0.3) is 5.91 Å². The molecular weight excluding hydrogens is 540 g/mol. The minimum Gasteiger partial charge on any atom is -0.497 e. The number of hydrogen-bond donors (Lipinski definition) is 1. The number of carbonyl (C=O) groups is 3. The zero-order valence-electron chi connectivity index (χ0n) is 22.7. The first kappa shape index (κ1) is 27.9. The lowest BCUT2D eigenvalue weighted by Crippen LogP contribution is -2.64. The molecule has 1 aromatic heterocycles. The maximum Gasteiger partial charge on any atom is 0.255 e. The lowest BCUT2D eigenvalue weighted by molar-refractivity contribution is -0.131. The largest absolute Gasteiger partial charge is 0.497 e. The Hall–Kier alpha value is -4.69. The number of anilines is 1. The van der Waals surface area contributed by atoms with Crippen LogP contribution in [-0.2, 0) is 16.1 Å². The highest BCUT2D eigenvalue weighted by atomic mass is 35.5. The van der Waals surface area contributed by atoms with Crippen molar-refractivity contribution in [2.45, 2.75) is 25.6 Å². The van der Waals surface area contributed by atoms with Gasteiger partial charge in [0.05, 0.1) is 13.2 Å². The Bertz CT molecular complexity index is 1540. The van der Waals surface area contributed by atoms with Crippen molar-refractivity contribution in [2.24, 2.45) is 0 Å². The zero-order chi connectivity index (χ0) is 28.9. The van der Waals surface area contributed by atoms with Crippen molar-refractivity contribution in [1.82, 2.24) is 15.2 Å². The van der Waals surface area contributed by atoms with Crippen LogP contribution in [0.2, 0.25) is 5.02 Å². The highest BCUT2D eigenvalue weighted by Gasteiger charge is 2.48. The van der Waals surface area contributed by atoms with Gasteiger partial charge < -0.3 is 19.9 Å². The van der Waals surface area contributed by atoms with E-state index in [4.69, 9.17) is 16.3 Å². The van der Waals surface area contributed by atoms with Crippen LogP contribution >= 0.6 is 11.6 Å². The first-order valence-corrected chi connectivity index (χ1v) is 13.5. The number of piperazine rings is 1. The summed E-state index contributed by atoms with van der Waals surface area (Å²) in [6.45, 7) is 1.95. The van der Waals surface area contributed by atoms with Gasteiger partial charge >= 0.3 is 0 Å². The number of nitrogens with one attached hydrogen (secondary N) is 1. The number of rotatable bonds is 7. The molecule has 0 spiro atoms. The molecule has 1 N–H and O–H groups in total. The average molecular weight is 569 g/mol. The third kappa shape index (κ3) is 6.07. The molecule has 0 unspecified atom stereocenters. The first-order valence-electron chi connectivity index (χ1n) is 13.1. The molecule has 2 heterocycles. The van der Waals surface area contributed by atoms with Crippen molar-refractivity contribution in [3.63, 3.8) is 0 Å². The van der Waals surface area contributed by atoms with Crippen LogP contribution in [0.3, 0.4) is 0 Å². The molecule has 0 saturated carbocycles. The number of aryl methyl sites for hydroxylation is 1. The number of ether oxygens (including phenoxy) is 1. The molecule has 1 fully saturated rings. The molecule has 5 rings (SSSR count). The van der Waals surface area contributed by atoms with Crippen LogP contribution in [0.4, 0.5) is 5.69 Å².